The molecule has 1 saturated heterocycles. The number of carbonyl (C=O) groups is 1. The number of benzene rings is 1. The van der Waals surface area contributed by atoms with E-state index < -0.39 is 0 Å². The first-order valence-corrected chi connectivity index (χ1v) is 8.98. The molecule has 0 bridgehead atoms. The van der Waals surface area contributed by atoms with E-state index in [0.717, 1.165) is 31.6 Å². The first-order chi connectivity index (χ1) is 13.2. The number of ether oxygens (including phenoxy) is 3. The molecule has 1 amide bonds. The highest BCUT2D eigenvalue weighted by Gasteiger charge is 2.19. The zero-order valence-electron chi connectivity index (χ0n) is 15.9. The van der Waals surface area contributed by atoms with Crippen molar-refractivity contribution in [2.75, 3.05) is 39.7 Å². The minimum atomic E-state index is 0.0463. The minimum Gasteiger partial charge on any atom is -0.493 e. The van der Waals surface area contributed by atoms with Crippen LogP contribution in [0.4, 0.5) is 11.5 Å². The van der Waals surface area contributed by atoms with Crippen LogP contribution >= 0.6 is 0 Å². The monoisotopic (exact) mass is 371 g/mol. The third kappa shape index (κ3) is 4.24. The topological polar surface area (TPSA) is 72.9 Å². The van der Waals surface area contributed by atoms with Crippen LogP contribution in [-0.2, 0) is 0 Å². The number of aromatic nitrogens is 1. The molecule has 1 aliphatic heterocycles. The maximum Gasteiger partial charge on any atom is 0.254 e. The van der Waals surface area contributed by atoms with Crippen LogP contribution in [0.5, 0.6) is 17.2 Å². The third-order valence-corrected chi connectivity index (χ3v) is 4.59. The van der Waals surface area contributed by atoms with Crippen LogP contribution in [0.1, 0.15) is 29.6 Å². The molecule has 0 unspecified atom stereocenters. The summed E-state index contributed by atoms with van der Waals surface area (Å²) in [5, 5.41) is 3.21. The normalized spacial score (nSPS) is 13.8. The molecule has 1 aromatic carbocycles. The van der Waals surface area contributed by atoms with Crippen molar-refractivity contribution in [1.29, 1.82) is 0 Å². The summed E-state index contributed by atoms with van der Waals surface area (Å²) < 4.78 is 16.1. The Morgan fingerprint density at radius 1 is 1.00 bits per heavy atom. The molecule has 0 spiro atoms. The second-order valence-electron chi connectivity index (χ2n) is 6.32. The molecule has 0 atom stereocenters. The van der Waals surface area contributed by atoms with Gasteiger partial charge in [-0.1, -0.05) is 0 Å². The van der Waals surface area contributed by atoms with E-state index >= 15 is 0 Å². The fourth-order valence-corrected chi connectivity index (χ4v) is 3.21. The number of rotatable bonds is 6. The Bertz CT molecular complexity index is 779. The number of nitrogens with zero attached hydrogens (tertiary/aromatic N) is 2. The summed E-state index contributed by atoms with van der Waals surface area (Å²) in [5.74, 6) is 2.23. The van der Waals surface area contributed by atoms with E-state index in [-0.39, 0.29) is 5.91 Å². The molecule has 1 fully saturated rings. The van der Waals surface area contributed by atoms with E-state index in [9.17, 15) is 4.79 Å². The molecule has 0 radical (unpaired) electrons. The number of pyridine rings is 1. The number of likely N-dealkylation sites (tertiary alicyclic amines) is 1. The Labute approximate surface area is 159 Å². The SMILES string of the molecule is COc1cc(Nc2cc(C(=O)N3CCCCC3)ccn2)cc(OC)c1OC. The zero-order valence-corrected chi connectivity index (χ0v) is 15.9. The van der Waals surface area contributed by atoms with Gasteiger partial charge in [0.25, 0.3) is 5.91 Å². The fourth-order valence-electron chi connectivity index (χ4n) is 3.21. The number of anilines is 2. The third-order valence-electron chi connectivity index (χ3n) is 4.59. The van der Waals surface area contributed by atoms with E-state index in [0.29, 0.717) is 28.6 Å². The molecule has 1 aromatic heterocycles. The van der Waals surface area contributed by atoms with Crippen molar-refractivity contribution >= 4 is 17.4 Å². The van der Waals surface area contributed by atoms with E-state index in [1.165, 1.54) is 6.42 Å². The van der Waals surface area contributed by atoms with Gasteiger partial charge in [0, 0.05) is 42.7 Å². The summed E-state index contributed by atoms with van der Waals surface area (Å²) in [5.41, 5.74) is 1.35. The molecule has 1 N–H and O–H groups in total. The Balaban J connectivity index is 1.83. The molecular formula is C20H25N3O4. The first kappa shape index (κ1) is 18.8. The highest BCUT2D eigenvalue weighted by molar-refractivity contribution is 5.95. The number of piperidine rings is 1. The fraction of sp³-hybridized carbons (Fsp3) is 0.400. The minimum absolute atomic E-state index is 0.0463. The van der Waals surface area contributed by atoms with Gasteiger partial charge in [-0.2, -0.15) is 0 Å². The van der Waals surface area contributed by atoms with Crippen molar-refractivity contribution in [3.05, 3.63) is 36.0 Å². The van der Waals surface area contributed by atoms with Gasteiger partial charge in [0.2, 0.25) is 5.75 Å². The van der Waals surface area contributed by atoms with Gasteiger partial charge in [0.1, 0.15) is 5.82 Å². The van der Waals surface area contributed by atoms with Crippen molar-refractivity contribution in [1.82, 2.24) is 9.88 Å². The quantitative estimate of drug-likeness (QED) is 0.838. The van der Waals surface area contributed by atoms with Crippen molar-refractivity contribution in [3.8, 4) is 17.2 Å². The zero-order chi connectivity index (χ0) is 19.2. The van der Waals surface area contributed by atoms with E-state index in [2.05, 4.69) is 10.3 Å². The van der Waals surface area contributed by atoms with Crippen LogP contribution in [-0.4, -0.2) is 50.2 Å². The molecule has 7 heteroatoms. The van der Waals surface area contributed by atoms with Crippen molar-refractivity contribution < 1.29 is 19.0 Å². The number of hydrogen-bond acceptors (Lipinski definition) is 6. The Hall–Kier alpha value is -2.96. The number of nitrogens with one attached hydrogen (secondary N) is 1. The summed E-state index contributed by atoms with van der Waals surface area (Å²) in [4.78, 5) is 18.9. The van der Waals surface area contributed by atoms with E-state index in [1.807, 2.05) is 4.90 Å². The van der Waals surface area contributed by atoms with Crippen LogP contribution in [0.2, 0.25) is 0 Å². The molecule has 1 aliphatic rings. The second-order valence-corrected chi connectivity index (χ2v) is 6.32. The molecule has 2 aromatic rings. The van der Waals surface area contributed by atoms with Crippen molar-refractivity contribution in [2.24, 2.45) is 0 Å². The molecule has 0 saturated carbocycles. The number of carbonyl (C=O) groups excluding carboxylic acids is 1. The lowest BCUT2D eigenvalue weighted by Gasteiger charge is -2.26. The molecule has 3 rings (SSSR count). The van der Waals surface area contributed by atoms with Crippen LogP contribution in [0.3, 0.4) is 0 Å². The highest BCUT2D eigenvalue weighted by Crippen LogP contribution is 2.40. The lowest BCUT2D eigenvalue weighted by atomic mass is 10.1. The van der Waals surface area contributed by atoms with Gasteiger partial charge in [-0.25, -0.2) is 4.98 Å². The standard InChI is InChI=1S/C20H25N3O4/c1-25-16-12-15(13-17(26-2)19(16)27-3)22-18-11-14(7-8-21-18)20(24)23-9-5-4-6-10-23/h7-8,11-13H,4-6,9-10H2,1-3H3,(H,21,22). The molecule has 2 heterocycles. The highest BCUT2D eigenvalue weighted by atomic mass is 16.5. The van der Waals surface area contributed by atoms with Crippen LogP contribution in [0, 0.1) is 0 Å². The van der Waals surface area contributed by atoms with E-state index in [1.54, 1.807) is 51.8 Å². The number of methoxy groups -OCH3 is 3. The largest absolute Gasteiger partial charge is 0.493 e. The first-order valence-electron chi connectivity index (χ1n) is 8.98. The number of hydrogen-bond donors (Lipinski definition) is 1. The van der Waals surface area contributed by atoms with E-state index in [4.69, 9.17) is 14.2 Å². The molecule has 0 aliphatic carbocycles. The molecule has 144 valence electrons. The Kier molecular flexibility index (Phi) is 6.01. The maximum absolute atomic E-state index is 12.7. The lowest BCUT2D eigenvalue weighted by Crippen LogP contribution is -2.35. The van der Waals surface area contributed by atoms with Crippen molar-refractivity contribution in [3.63, 3.8) is 0 Å². The summed E-state index contributed by atoms with van der Waals surface area (Å²) in [6.07, 6.45) is 4.95. The average Bonchev–Trinajstić information content (AvgIpc) is 2.73. The second kappa shape index (κ2) is 8.62. The molecular weight excluding hydrogens is 346 g/mol. The van der Waals surface area contributed by atoms with Gasteiger partial charge in [0.15, 0.2) is 11.5 Å². The summed E-state index contributed by atoms with van der Waals surface area (Å²) in [6.45, 7) is 1.63. The van der Waals surface area contributed by atoms with Gasteiger partial charge in [-0.3, -0.25) is 4.79 Å². The van der Waals surface area contributed by atoms with Crippen LogP contribution in [0.15, 0.2) is 30.5 Å². The van der Waals surface area contributed by atoms with Gasteiger partial charge in [-0.05, 0) is 31.4 Å². The molecule has 7 nitrogen and oxygen atoms in total. The van der Waals surface area contributed by atoms with Crippen LogP contribution in [0.25, 0.3) is 0 Å². The summed E-state index contributed by atoms with van der Waals surface area (Å²) >= 11 is 0. The van der Waals surface area contributed by atoms with Gasteiger partial charge < -0.3 is 24.4 Å². The number of amides is 1. The summed E-state index contributed by atoms with van der Waals surface area (Å²) in [6, 6.07) is 7.10. The van der Waals surface area contributed by atoms with Crippen LogP contribution < -0.4 is 19.5 Å². The van der Waals surface area contributed by atoms with Gasteiger partial charge >= 0.3 is 0 Å². The maximum atomic E-state index is 12.7. The van der Waals surface area contributed by atoms with Crippen molar-refractivity contribution in [2.45, 2.75) is 19.3 Å². The van der Waals surface area contributed by atoms with Gasteiger partial charge in [0.05, 0.1) is 21.3 Å². The Morgan fingerprint density at radius 2 is 1.67 bits per heavy atom. The lowest BCUT2D eigenvalue weighted by molar-refractivity contribution is 0.0724. The predicted octanol–water partition coefficient (Wildman–Crippen LogP) is 3.48. The smallest absolute Gasteiger partial charge is 0.254 e. The average molecular weight is 371 g/mol. The Morgan fingerprint density at radius 3 is 2.26 bits per heavy atom. The van der Waals surface area contributed by atoms with Gasteiger partial charge in [-0.15, -0.1) is 0 Å². The molecule has 27 heavy (non-hydrogen) atoms. The summed E-state index contributed by atoms with van der Waals surface area (Å²) in [7, 11) is 4.69. The predicted molar refractivity (Wildman–Crippen MR) is 103 cm³/mol.